The third kappa shape index (κ3) is 6.61. The molecule has 0 aliphatic rings. The minimum absolute atomic E-state index is 0.0871. The van der Waals surface area contributed by atoms with Gasteiger partial charge in [-0.2, -0.15) is 0 Å². The second-order valence-corrected chi connectivity index (χ2v) is 5.56. The number of aromatic nitrogens is 2. The Bertz CT molecular complexity index is 791. The molecule has 10 heteroatoms. The van der Waals surface area contributed by atoms with E-state index in [-0.39, 0.29) is 13.0 Å². The zero-order chi connectivity index (χ0) is 19.6. The standard InChI is InChI=1S/C17H19N5O5/c23-14(8-19-16(26)11-4-2-1-3-5-11)22-13(6-12-7-18-10-21-12)17(27)20-9-15(24)25/h1-5,7,10,13H,6,8-9H2,(H,18,21)(H,19,26)(H,20,27)(H,22,23)(H,24,25)/t13-/m0/s1. The van der Waals surface area contributed by atoms with Gasteiger partial charge in [0, 0.05) is 23.9 Å². The first-order valence-corrected chi connectivity index (χ1v) is 8.05. The number of nitrogens with one attached hydrogen (secondary N) is 4. The summed E-state index contributed by atoms with van der Waals surface area (Å²) in [5.74, 6) is -2.87. The topological polar surface area (TPSA) is 153 Å². The van der Waals surface area contributed by atoms with Crippen molar-refractivity contribution >= 4 is 23.7 Å². The summed E-state index contributed by atoms with van der Waals surface area (Å²) in [7, 11) is 0. The summed E-state index contributed by atoms with van der Waals surface area (Å²) in [5, 5.41) is 15.8. The minimum atomic E-state index is -1.20. The summed E-state index contributed by atoms with van der Waals surface area (Å²) in [6.07, 6.45) is 2.99. The van der Waals surface area contributed by atoms with E-state index in [2.05, 4.69) is 25.9 Å². The van der Waals surface area contributed by atoms with Crippen molar-refractivity contribution in [2.24, 2.45) is 0 Å². The van der Waals surface area contributed by atoms with E-state index in [1.54, 1.807) is 30.3 Å². The molecule has 0 unspecified atom stereocenters. The Balaban J connectivity index is 1.92. The lowest BCUT2D eigenvalue weighted by atomic mass is 10.1. The van der Waals surface area contributed by atoms with E-state index >= 15 is 0 Å². The van der Waals surface area contributed by atoms with Crippen LogP contribution in [0.1, 0.15) is 16.1 Å². The largest absolute Gasteiger partial charge is 0.480 e. The van der Waals surface area contributed by atoms with Gasteiger partial charge in [0.25, 0.3) is 5.91 Å². The van der Waals surface area contributed by atoms with Gasteiger partial charge in [-0.15, -0.1) is 0 Å². The van der Waals surface area contributed by atoms with Crippen molar-refractivity contribution in [2.45, 2.75) is 12.5 Å². The molecule has 0 bridgehead atoms. The molecule has 0 spiro atoms. The van der Waals surface area contributed by atoms with Crippen LogP contribution in [0, 0.1) is 0 Å². The van der Waals surface area contributed by atoms with Gasteiger partial charge in [0.1, 0.15) is 12.6 Å². The first kappa shape index (κ1) is 19.6. The van der Waals surface area contributed by atoms with Crippen molar-refractivity contribution in [2.75, 3.05) is 13.1 Å². The number of rotatable bonds is 9. The van der Waals surface area contributed by atoms with Crippen molar-refractivity contribution < 1.29 is 24.3 Å². The summed E-state index contributed by atoms with van der Waals surface area (Å²) < 4.78 is 0. The molecule has 27 heavy (non-hydrogen) atoms. The number of carbonyl (C=O) groups excluding carboxylic acids is 3. The van der Waals surface area contributed by atoms with Crippen LogP contribution in [-0.2, 0) is 20.8 Å². The molecule has 3 amide bonds. The second-order valence-electron chi connectivity index (χ2n) is 5.56. The number of aliphatic carboxylic acids is 1. The molecule has 142 valence electrons. The zero-order valence-electron chi connectivity index (χ0n) is 14.3. The highest BCUT2D eigenvalue weighted by atomic mass is 16.4. The van der Waals surface area contributed by atoms with Gasteiger partial charge < -0.3 is 26.0 Å². The van der Waals surface area contributed by atoms with Crippen molar-refractivity contribution in [1.29, 1.82) is 0 Å². The van der Waals surface area contributed by atoms with E-state index in [4.69, 9.17) is 5.11 Å². The molecule has 0 aliphatic carbocycles. The number of hydrogen-bond acceptors (Lipinski definition) is 5. The first-order valence-electron chi connectivity index (χ1n) is 8.05. The number of imidazole rings is 1. The van der Waals surface area contributed by atoms with Gasteiger partial charge in [-0.25, -0.2) is 4.98 Å². The number of hydrogen-bond donors (Lipinski definition) is 5. The van der Waals surface area contributed by atoms with Crippen LogP contribution < -0.4 is 16.0 Å². The Labute approximate surface area is 154 Å². The molecule has 0 fully saturated rings. The van der Waals surface area contributed by atoms with Gasteiger partial charge in [-0.3, -0.25) is 19.2 Å². The number of aromatic amines is 1. The van der Waals surface area contributed by atoms with E-state index < -0.39 is 36.3 Å². The SMILES string of the molecule is O=C(O)CNC(=O)[C@H](Cc1cnc[nH]1)NC(=O)CNC(=O)c1ccccc1. The Morgan fingerprint density at radius 3 is 2.44 bits per heavy atom. The molecule has 1 heterocycles. The number of carboxylic acids is 1. The van der Waals surface area contributed by atoms with Crippen LogP contribution in [0.4, 0.5) is 0 Å². The van der Waals surface area contributed by atoms with Gasteiger partial charge in [-0.05, 0) is 12.1 Å². The molecular formula is C17H19N5O5. The lowest BCUT2D eigenvalue weighted by Crippen LogP contribution is -2.51. The number of amides is 3. The third-order valence-corrected chi connectivity index (χ3v) is 3.49. The third-order valence-electron chi connectivity index (χ3n) is 3.49. The van der Waals surface area contributed by atoms with Crippen LogP contribution >= 0.6 is 0 Å². The smallest absolute Gasteiger partial charge is 0.322 e. The number of carboxylic acid groups (broad SMARTS) is 1. The van der Waals surface area contributed by atoms with E-state index in [1.165, 1.54) is 12.5 Å². The Hall–Kier alpha value is -3.69. The number of carbonyl (C=O) groups is 4. The van der Waals surface area contributed by atoms with Crippen molar-refractivity contribution in [1.82, 2.24) is 25.9 Å². The van der Waals surface area contributed by atoms with Crippen LogP contribution in [-0.4, -0.2) is 57.9 Å². The summed E-state index contributed by atoms with van der Waals surface area (Å²) >= 11 is 0. The van der Waals surface area contributed by atoms with Crippen LogP contribution in [0.2, 0.25) is 0 Å². The van der Waals surface area contributed by atoms with Crippen molar-refractivity contribution in [3.8, 4) is 0 Å². The quantitative estimate of drug-likeness (QED) is 0.383. The maximum atomic E-state index is 12.2. The molecular weight excluding hydrogens is 354 g/mol. The Kier molecular flexibility index (Phi) is 7.06. The summed E-state index contributed by atoms with van der Waals surface area (Å²) in [6.45, 7) is -0.904. The van der Waals surface area contributed by atoms with E-state index in [1.807, 2.05) is 0 Å². The minimum Gasteiger partial charge on any atom is -0.480 e. The molecule has 2 rings (SSSR count). The Morgan fingerprint density at radius 1 is 1.07 bits per heavy atom. The van der Waals surface area contributed by atoms with Crippen LogP contribution in [0.15, 0.2) is 42.9 Å². The zero-order valence-corrected chi connectivity index (χ0v) is 14.3. The van der Waals surface area contributed by atoms with Gasteiger partial charge in [-0.1, -0.05) is 18.2 Å². The maximum Gasteiger partial charge on any atom is 0.322 e. The fourth-order valence-corrected chi connectivity index (χ4v) is 2.21. The molecule has 5 N–H and O–H groups in total. The van der Waals surface area contributed by atoms with Gasteiger partial charge in [0.15, 0.2) is 0 Å². The lowest BCUT2D eigenvalue weighted by Gasteiger charge is -2.17. The average molecular weight is 373 g/mol. The highest BCUT2D eigenvalue weighted by Crippen LogP contribution is 2.00. The number of H-pyrrole nitrogens is 1. The van der Waals surface area contributed by atoms with Crippen LogP contribution in [0.5, 0.6) is 0 Å². The fraction of sp³-hybridized carbons (Fsp3) is 0.235. The van der Waals surface area contributed by atoms with Gasteiger partial charge >= 0.3 is 5.97 Å². The summed E-state index contributed by atoms with van der Waals surface area (Å²) in [4.78, 5) is 53.5. The average Bonchev–Trinajstić information content (AvgIpc) is 3.17. The molecule has 2 aromatic rings. The molecule has 1 atom stereocenters. The van der Waals surface area contributed by atoms with Gasteiger partial charge in [0.2, 0.25) is 11.8 Å². The molecule has 0 saturated carbocycles. The number of nitrogens with zero attached hydrogens (tertiary/aromatic N) is 1. The summed E-state index contributed by atoms with van der Waals surface area (Å²) in [6, 6.07) is 7.34. The van der Waals surface area contributed by atoms with Crippen LogP contribution in [0.25, 0.3) is 0 Å². The molecule has 1 aromatic carbocycles. The molecule has 0 radical (unpaired) electrons. The summed E-state index contributed by atoms with van der Waals surface area (Å²) in [5.41, 5.74) is 0.984. The molecule has 0 saturated heterocycles. The second kappa shape index (κ2) is 9.70. The Morgan fingerprint density at radius 2 is 1.81 bits per heavy atom. The van der Waals surface area contributed by atoms with E-state index in [9.17, 15) is 19.2 Å². The molecule has 0 aliphatic heterocycles. The maximum absolute atomic E-state index is 12.2. The fourth-order valence-electron chi connectivity index (χ4n) is 2.21. The lowest BCUT2D eigenvalue weighted by molar-refractivity contribution is -0.138. The monoisotopic (exact) mass is 373 g/mol. The highest BCUT2D eigenvalue weighted by Gasteiger charge is 2.22. The predicted octanol–water partition coefficient (Wildman–Crippen LogP) is -0.932. The number of benzene rings is 1. The van der Waals surface area contributed by atoms with Crippen molar-refractivity contribution in [3.63, 3.8) is 0 Å². The van der Waals surface area contributed by atoms with Crippen LogP contribution in [0.3, 0.4) is 0 Å². The molecule has 10 nitrogen and oxygen atoms in total. The van der Waals surface area contributed by atoms with E-state index in [0.717, 1.165) is 0 Å². The normalized spacial score (nSPS) is 11.3. The molecule has 1 aromatic heterocycles. The van der Waals surface area contributed by atoms with Crippen molar-refractivity contribution in [3.05, 3.63) is 54.1 Å². The van der Waals surface area contributed by atoms with Gasteiger partial charge in [0.05, 0.1) is 12.9 Å². The van der Waals surface area contributed by atoms with E-state index in [0.29, 0.717) is 11.3 Å². The predicted molar refractivity (Wildman–Crippen MR) is 93.6 cm³/mol. The highest BCUT2D eigenvalue weighted by molar-refractivity contribution is 5.97. The first-order chi connectivity index (χ1) is 13.0.